The third-order valence-electron chi connectivity index (χ3n) is 2.28. The highest BCUT2D eigenvalue weighted by molar-refractivity contribution is 9.11. The van der Waals surface area contributed by atoms with E-state index in [9.17, 15) is 0 Å². The summed E-state index contributed by atoms with van der Waals surface area (Å²) in [6.45, 7) is 3.01. The first-order valence-corrected chi connectivity index (χ1v) is 6.41. The Morgan fingerprint density at radius 2 is 2.47 bits per heavy atom. The largest absolute Gasteiger partial charge is 0.472 e. The molecule has 4 heteroatoms. The zero-order chi connectivity index (χ0) is 10.7. The molecule has 2 nitrogen and oxygen atoms in total. The molecule has 0 spiro atoms. The molecule has 2 heterocycles. The van der Waals surface area contributed by atoms with E-state index in [1.807, 2.05) is 6.07 Å². The summed E-state index contributed by atoms with van der Waals surface area (Å²) in [5.41, 5.74) is 2.49. The second kappa shape index (κ2) is 4.96. The summed E-state index contributed by atoms with van der Waals surface area (Å²) in [6, 6.07) is 4.45. The molecule has 0 radical (unpaired) electrons. The van der Waals surface area contributed by atoms with Gasteiger partial charge in [-0.3, -0.25) is 0 Å². The quantitative estimate of drug-likeness (QED) is 0.920. The summed E-state index contributed by atoms with van der Waals surface area (Å²) in [4.78, 5) is 0. The van der Waals surface area contributed by atoms with E-state index in [2.05, 4.69) is 39.6 Å². The van der Waals surface area contributed by atoms with Crippen molar-refractivity contribution in [2.45, 2.75) is 19.5 Å². The maximum Gasteiger partial charge on any atom is 0.0950 e. The molecular weight excluding hydrogens is 274 g/mol. The summed E-state index contributed by atoms with van der Waals surface area (Å²) in [5, 5.41) is 5.59. The molecule has 1 atom stereocenters. The first kappa shape index (κ1) is 10.9. The van der Waals surface area contributed by atoms with Crippen LogP contribution >= 0.6 is 27.3 Å². The van der Waals surface area contributed by atoms with Crippen molar-refractivity contribution in [2.75, 3.05) is 0 Å². The number of halogens is 1. The molecule has 0 saturated carbocycles. The maximum atomic E-state index is 5.05. The third kappa shape index (κ3) is 2.93. The topological polar surface area (TPSA) is 25.2 Å². The van der Waals surface area contributed by atoms with Gasteiger partial charge in [0.05, 0.1) is 16.3 Å². The zero-order valence-corrected chi connectivity index (χ0v) is 10.8. The molecule has 0 fully saturated rings. The summed E-state index contributed by atoms with van der Waals surface area (Å²) in [6.07, 6.45) is 3.48. The van der Waals surface area contributed by atoms with Crippen molar-refractivity contribution in [3.8, 4) is 0 Å². The second-order valence-corrected chi connectivity index (χ2v) is 5.71. The molecule has 0 aliphatic heterocycles. The van der Waals surface area contributed by atoms with Crippen molar-refractivity contribution < 1.29 is 4.42 Å². The van der Waals surface area contributed by atoms with Gasteiger partial charge in [0.25, 0.3) is 0 Å². The van der Waals surface area contributed by atoms with Crippen LogP contribution in [0.25, 0.3) is 0 Å². The molecule has 2 rings (SSSR count). The first-order valence-electron chi connectivity index (χ1n) is 4.74. The fourth-order valence-corrected chi connectivity index (χ4v) is 2.56. The predicted molar refractivity (Wildman–Crippen MR) is 66.0 cm³/mol. The molecule has 0 amide bonds. The summed E-state index contributed by atoms with van der Waals surface area (Å²) < 4.78 is 6.22. The highest BCUT2D eigenvalue weighted by Gasteiger charge is 2.06. The van der Waals surface area contributed by atoms with Crippen molar-refractivity contribution in [3.63, 3.8) is 0 Å². The van der Waals surface area contributed by atoms with Crippen LogP contribution in [0.5, 0.6) is 0 Å². The Labute approximate surface area is 101 Å². The Hall–Kier alpha value is -0.580. The van der Waals surface area contributed by atoms with Crippen LogP contribution in [0.1, 0.15) is 24.1 Å². The van der Waals surface area contributed by atoms with Crippen molar-refractivity contribution in [1.29, 1.82) is 0 Å². The highest BCUT2D eigenvalue weighted by Crippen LogP contribution is 2.21. The van der Waals surface area contributed by atoms with E-state index in [1.165, 1.54) is 14.9 Å². The van der Waals surface area contributed by atoms with Crippen LogP contribution in [0.15, 0.2) is 38.2 Å². The van der Waals surface area contributed by atoms with Gasteiger partial charge in [0, 0.05) is 18.2 Å². The van der Waals surface area contributed by atoms with Gasteiger partial charge in [-0.15, -0.1) is 11.3 Å². The lowest BCUT2D eigenvalue weighted by molar-refractivity contribution is 0.538. The van der Waals surface area contributed by atoms with Crippen molar-refractivity contribution in [1.82, 2.24) is 5.32 Å². The molecule has 2 aromatic rings. The van der Waals surface area contributed by atoms with E-state index in [0.29, 0.717) is 6.04 Å². The third-order valence-corrected chi connectivity index (χ3v) is 3.83. The smallest absolute Gasteiger partial charge is 0.0950 e. The predicted octanol–water partition coefficient (Wildman–Crippen LogP) is 3.95. The fraction of sp³-hybridized carbons (Fsp3) is 0.273. The van der Waals surface area contributed by atoms with Crippen LogP contribution in [0.2, 0.25) is 0 Å². The van der Waals surface area contributed by atoms with E-state index < -0.39 is 0 Å². The van der Waals surface area contributed by atoms with Gasteiger partial charge in [-0.05, 0) is 45.9 Å². The van der Waals surface area contributed by atoms with Crippen LogP contribution in [0, 0.1) is 0 Å². The summed E-state index contributed by atoms with van der Waals surface area (Å²) in [7, 11) is 0. The fourth-order valence-electron chi connectivity index (χ4n) is 1.35. The normalized spacial score (nSPS) is 12.9. The van der Waals surface area contributed by atoms with Gasteiger partial charge in [0.1, 0.15) is 0 Å². The molecule has 2 aromatic heterocycles. The lowest BCUT2D eigenvalue weighted by Gasteiger charge is -2.10. The monoisotopic (exact) mass is 285 g/mol. The van der Waals surface area contributed by atoms with E-state index in [-0.39, 0.29) is 0 Å². The Morgan fingerprint density at radius 3 is 3.07 bits per heavy atom. The number of thiophene rings is 1. The van der Waals surface area contributed by atoms with E-state index in [4.69, 9.17) is 4.42 Å². The molecule has 80 valence electrons. The average molecular weight is 286 g/mol. The van der Waals surface area contributed by atoms with Gasteiger partial charge in [-0.2, -0.15) is 0 Å². The molecule has 0 aliphatic carbocycles. The second-order valence-electron chi connectivity index (χ2n) is 3.42. The van der Waals surface area contributed by atoms with Crippen LogP contribution in [0.4, 0.5) is 0 Å². The minimum atomic E-state index is 0.322. The number of hydrogen-bond acceptors (Lipinski definition) is 3. The van der Waals surface area contributed by atoms with Crippen molar-refractivity contribution in [3.05, 3.63) is 45.0 Å². The van der Waals surface area contributed by atoms with Gasteiger partial charge in [0.2, 0.25) is 0 Å². The van der Waals surface area contributed by atoms with Gasteiger partial charge in [-0.25, -0.2) is 0 Å². The van der Waals surface area contributed by atoms with Crippen LogP contribution in [-0.2, 0) is 6.54 Å². The number of furan rings is 1. The molecule has 1 unspecified atom stereocenters. The average Bonchev–Trinajstić information content (AvgIpc) is 2.84. The van der Waals surface area contributed by atoms with Crippen molar-refractivity contribution in [2.24, 2.45) is 0 Å². The summed E-state index contributed by atoms with van der Waals surface area (Å²) in [5.74, 6) is 0. The Morgan fingerprint density at radius 1 is 1.60 bits per heavy atom. The van der Waals surface area contributed by atoms with Gasteiger partial charge < -0.3 is 9.73 Å². The molecule has 0 saturated heterocycles. The Kier molecular flexibility index (Phi) is 3.61. The lowest BCUT2D eigenvalue weighted by atomic mass is 10.2. The number of nitrogens with one attached hydrogen (secondary N) is 1. The summed E-state index contributed by atoms with van der Waals surface area (Å²) >= 11 is 5.17. The molecule has 1 N–H and O–H groups in total. The highest BCUT2D eigenvalue weighted by atomic mass is 79.9. The zero-order valence-electron chi connectivity index (χ0n) is 8.37. The molecule has 0 aliphatic rings. The molecule has 0 aromatic carbocycles. The number of rotatable bonds is 4. The minimum Gasteiger partial charge on any atom is -0.472 e. The van der Waals surface area contributed by atoms with E-state index in [0.717, 1.165) is 6.54 Å². The Bertz CT molecular complexity index is 410. The number of hydrogen-bond donors (Lipinski definition) is 1. The molecular formula is C11H12BrNOS. The first-order chi connectivity index (χ1) is 7.25. The lowest BCUT2D eigenvalue weighted by Crippen LogP contribution is -2.17. The van der Waals surface area contributed by atoms with Crippen LogP contribution in [0.3, 0.4) is 0 Å². The van der Waals surface area contributed by atoms with Gasteiger partial charge in [0.15, 0.2) is 0 Å². The Balaban J connectivity index is 1.88. The molecule has 0 bridgehead atoms. The van der Waals surface area contributed by atoms with Crippen LogP contribution in [-0.4, -0.2) is 0 Å². The van der Waals surface area contributed by atoms with Crippen LogP contribution < -0.4 is 5.32 Å². The maximum absolute atomic E-state index is 5.05. The van der Waals surface area contributed by atoms with E-state index >= 15 is 0 Å². The van der Waals surface area contributed by atoms with Gasteiger partial charge in [-0.1, -0.05) is 0 Å². The standard InChI is InChI=1S/C11H12BrNOS/c1-8(10-2-3-14-6-10)13-5-9-4-11(12)15-7-9/h2-4,6-8,13H,5H2,1H3. The SMILES string of the molecule is CC(NCc1csc(Br)c1)c1ccoc1. The van der Waals surface area contributed by atoms with E-state index in [1.54, 1.807) is 23.9 Å². The van der Waals surface area contributed by atoms with Crippen molar-refractivity contribution >= 4 is 27.3 Å². The molecule has 15 heavy (non-hydrogen) atoms. The minimum absolute atomic E-state index is 0.322. The van der Waals surface area contributed by atoms with Gasteiger partial charge >= 0.3 is 0 Å².